The standard InChI is InChI=1S/C25H19N3O3S/c1-16-11-13-17(14-12-16)26-21(29)15-32-25-27-22-19-9-5-6-10-20(19)31-23(22)24(30)28(25)18-7-3-2-4-8-18/h2-14H,15H2,1H3,(H,26,29). The highest BCUT2D eigenvalue weighted by molar-refractivity contribution is 7.99. The fourth-order valence-corrected chi connectivity index (χ4v) is 4.29. The molecule has 2 heterocycles. The first-order valence-electron chi connectivity index (χ1n) is 10.1. The number of rotatable bonds is 5. The highest BCUT2D eigenvalue weighted by Crippen LogP contribution is 2.28. The van der Waals surface area contributed by atoms with Gasteiger partial charge in [0.15, 0.2) is 5.16 Å². The van der Waals surface area contributed by atoms with Crippen LogP contribution in [0.15, 0.2) is 93.2 Å². The third-order valence-electron chi connectivity index (χ3n) is 5.05. The number of thioether (sulfide) groups is 1. The number of nitrogens with one attached hydrogen (secondary N) is 1. The lowest BCUT2D eigenvalue weighted by Crippen LogP contribution is -2.22. The van der Waals surface area contributed by atoms with Crippen molar-refractivity contribution in [3.05, 3.63) is 94.8 Å². The number of carbonyl (C=O) groups is 1. The van der Waals surface area contributed by atoms with Crippen LogP contribution in [0.2, 0.25) is 0 Å². The van der Waals surface area contributed by atoms with Gasteiger partial charge in [-0.3, -0.25) is 14.2 Å². The highest BCUT2D eigenvalue weighted by atomic mass is 32.2. The van der Waals surface area contributed by atoms with Gasteiger partial charge in [0.2, 0.25) is 11.5 Å². The minimum atomic E-state index is -0.307. The molecule has 0 unspecified atom stereocenters. The third kappa shape index (κ3) is 3.78. The molecule has 5 aromatic rings. The van der Waals surface area contributed by atoms with Gasteiger partial charge in [-0.2, -0.15) is 0 Å². The molecule has 0 aliphatic rings. The quantitative estimate of drug-likeness (QED) is 0.301. The maximum absolute atomic E-state index is 13.4. The molecule has 0 atom stereocenters. The first-order valence-corrected chi connectivity index (χ1v) is 11.1. The Labute approximate surface area is 187 Å². The van der Waals surface area contributed by atoms with E-state index in [9.17, 15) is 9.59 Å². The molecule has 158 valence electrons. The van der Waals surface area contributed by atoms with Crippen LogP contribution in [0.3, 0.4) is 0 Å². The summed E-state index contributed by atoms with van der Waals surface area (Å²) in [5.41, 5.74) is 3.50. The Morgan fingerprint density at radius 3 is 2.50 bits per heavy atom. The Kier molecular flexibility index (Phi) is 5.25. The Bertz CT molecular complexity index is 1490. The van der Waals surface area contributed by atoms with E-state index in [4.69, 9.17) is 9.40 Å². The van der Waals surface area contributed by atoms with E-state index >= 15 is 0 Å². The van der Waals surface area contributed by atoms with Crippen LogP contribution >= 0.6 is 11.8 Å². The monoisotopic (exact) mass is 441 g/mol. The van der Waals surface area contributed by atoms with Gasteiger partial charge < -0.3 is 9.73 Å². The number of amides is 1. The number of hydrogen-bond donors (Lipinski definition) is 1. The molecule has 7 heteroatoms. The molecule has 0 aliphatic carbocycles. The molecule has 1 N–H and O–H groups in total. The van der Waals surface area contributed by atoms with Crippen molar-refractivity contribution < 1.29 is 9.21 Å². The van der Waals surface area contributed by atoms with Gasteiger partial charge in [0.25, 0.3) is 0 Å². The zero-order valence-corrected chi connectivity index (χ0v) is 18.1. The van der Waals surface area contributed by atoms with Crippen molar-refractivity contribution in [2.45, 2.75) is 12.1 Å². The Hall–Kier alpha value is -3.84. The molecule has 3 aromatic carbocycles. The first-order chi connectivity index (χ1) is 15.6. The van der Waals surface area contributed by atoms with Crippen LogP contribution < -0.4 is 10.9 Å². The Balaban J connectivity index is 1.54. The predicted molar refractivity (Wildman–Crippen MR) is 128 cm³/mol. The number of aryl methyl sites for hydroxylation is 1. The summed E-state index contributed by atoms with van der Waals surface area (Å²) in [5, 5.41) is 4.08. The van der Waals surface area contributed by atoms with Gasteiger partial charge in [0.1, 0.15) is 11.1 Å². The van der Waals surface area contributed by atoms with E-state index < -0.39 is 0 Å². The van der Waals surface area contributed by atoms with E-state index in [0.717, 1.165) is 16.6 Å². The van der Waals surface area contributed by atoms with Crippen LogP contribution in [0.4, 0.5) is 5.69 Å². The van der Waals surface area contributed by atoms with Gasteiger partial charge in [-0.1, -0.05) is 59.8 Å². The lowest BCUT2D eigenvalue weighted by molar-refractivity contribution is -0.113. The average Bonchev–Trinajstić information content (AvgIpc) is 3.19. The van der Waals surface area contributed by atoms with E-state index in [-0.39, 0.29) is 22.8 Å². The molecule has 0 saturated carbocycles. The van der Waals surface area contributed by atoms with E-state index in [0.29, 0.717) is 21.9 Å². The number of hydrogen-bond acceptors (Lipinski definition) is 5. The number of benzene rings is 3. The summed E-state index contributed by atoms with van der Waals surface area (Å²) in [6.45, 7) is 1.99. The highest BCUT2D eigenvalue weighted by Gasteiger charge is 2.19. The molecular weight excluding hydrogens is 422 g/mol. The lowest BCUT2D eigenvalue weighted by atomic mass is 10.2. The minimum Gasteiger partial charge on any atom is -0.448 e. The van der Waals surface area contributed by atoms with E-state index in [1.807, 2.05) is 85.8 Å². The largest absolute Gasteiger partial charge is 0.448 e. The molecule has 0 bridgehead atoms. The smallest absolute Gasteiger partial charge is 0.302 e. The maximum atomic E-state index is 13.4. The SMILES string of the molecule is Cc1ccc(NC(=O)CSc2nc3c(oc4ccccc43)c(=O)n2-c2ccccc2)cc1. The third-order valence-corrected chi connectivity index (χ3v) is 5.99. The van der Waals surface area contributed by atoms with Gasteiger partial charge >= 0.3 is 5.56 Å². The summed E-state index contributed by atoms with van der Waals surface area (Å²) < 4.78 is 7.32. The van der Waals surface area contributed by atoms with Crippen LogP contribution in [-0.4, -0.2) is 21.2 Å². The topological polar surface area (TPSA) is 77.1 Å². The van der Waals surface area contributed by atoms with Gasteiger partial charge in [0.05, 0.1) is 11.4 Å². The van der Waals surface area contributed by atoms with E-state index in [2.05, 4.69) is 5.32 Å². The first kappa shape index (κ1) is 20.1. The van der Waals surface area contributed by atoms with Crippen LogP contribution in [0.5, 0.6) is 0 Å². The second-order valence-electron chi connectivity index (χ2n) is 7.35. The molecule has 5 rings (SSSR count). The van der Waals surface area contributed by atoms with Crippen molar-refractivity contribution in [3.63, 3.8) is 0 Å². The maximum Gasteiger partial charge on any atom is 0.302 e. The lowest BCUT2D eigenvalue weighted by Gasteiger charge is -2.12. The van der Waals surface area contributed by atoms with Crippen LogP contribution in [0.25, 0.3) is 27.8 Å². The molecule has 0 aliphatic heterocycles. The molecule has 32 heavy (non-hydrogen) atoms. The molecule has 0 spiro atoms. The number of nitrogens with zero attached hydrogens (tertiary/aromatic N) is 2. The number of carbonyl (C=O) groups excluding carboxylic acids is 1. The molecule has 0 fully saturated rings. The number of furan rings is 1. The second kappa shape index (κ2) is 8.36. The fourth-order valence-electron chi connectivity index (χ4n) is 3.49. The average molecular weight is 442 g/mol. The second-order valence-corrected chi connectivity index (χ2v) is 8.29. The summed E-state index contributed by atoms with van der Waals surface area (Å²) in [7, 11) is 0. The fraction of sp³-hybridized carbons (Fsp3) is 0.0800. The molecule has 0 saturated heterocycles. The normalized spacial score (nSPS) is 11.2. The summed E-state index contributed by atoms with van der Waals surface area (Å²) in [6.07, 6.45) is 0. The molecular formula is C25H19N3O3S. The number of anilines is 1. The molecule has 6 nitrogen and oxygen atoms in total. The zero-order valence-electron chi connectivity index (χ0n) is 17.2. The minimum absolute atomic E-state index is 0.106. The summed E-state index contributed by atoms with van der Waals surface area (Å²) >= 11 is 1.21. The molecule has 2 aromatic heterocycles. The van der Waals surface area contributed by atoms with Crippen molar-refractivity contribution in [1.29, 1.82) is 0 Å². The Morgan fingerprint density at radius 2 is 1.72 bits per heavy atom. The summed E-state index contributed by atoms with van der Waals surface area (Å²) in [5.74, 6) is -0.0705. The number of para-hydroxylation sites is 2. The van der Waals surface area contributed by atoms with Gasteiger partial charge in [-0.15, -0.1) is 0 Å². The molecule has 0 radical (unpaired) electrons. The summed E-state index contributed by atoms with van der Waals surface area (Å²) in [6, 6.07) is 24.3. The van der Waals surface area contributed by atoms with E-state index in [1.165, 1.54) is 16.3 Å². The van der Waals surface area contributed by atoms with Gasteiger partial charge in [-0.25, -0.2) is 4.98 Å². The zero-order chi connectivity index (χ0) is 22.1. The van der Waals surface area contributed by atoms with Crippen molar-refractivity contribution >= 4 is 45.4 Å². The van der Waals surface area contributed by atoms with Crippen molar-refractivity contribution in [2.24, 2.45) is 0 Å². The van der Waals surface area contributed by atoms with Crippen molar-refractivity contribution in [3.8, 4) is 5.69 Å². The van der Waals surface area contributed by atoms with Gasteiger partial charge in [-0.05, 0) is 43.3 Å². The number of aromatic nitrogens is 2. The van der Waals surface area contributed by atoms with Crippen molar-refractivity contribution in [2.75, 3.05) is 11.1 Å². The van der Waals surface area contributed by atoms with Crippen LogP contribution in [0.1, 0.15) is 5.56 Å². The summed E-state index contributed by atoms with van der Waals surface area (Å²) in [4.78, 5) is 30.7. The predicted octanol–water partition coefficient (Wildman–Crippen LogP) is 5.17. The van der Waals surface area contributed by atoms with Crippen LogP contribution in [-0.2, 0) is 4.79 Å². The Morgan fingerprint density at radius 1 is 1.00 bits per heavy atom. The van der Waals surface area contributed by atoms with Gasteiger partial charge in [0, 0.05) is 11.1 Å². The van der Waals surface area contributed by atoms with E-state index in [1.54, 1.807) is 0 Å². The number of fused-ring (bicyclic) bond motifs is 3. The molecule has 1 amide bonds. The van der Waals surface area contributed by atoms with Crippen molar-refractivity contribution in [1.82, 2.24) is 9.55 Å². The van der Waals surface area contributed by atoms with Crippen LogP contribution in [0, 0.1) is 6.92 Å².